The van der Waals surface area contributed by atoms with Crippen LogP contribution < -0.4 is 9.80 Å². The minimum absolute atomic E-state index is 0.0971. The van der Waals surface area contributed by atoms with Gasteiger partial charge < -0.3 is 14.9 Å². The van der Waals surface area contributed by atoms with Gasteiger partial charge in [0.1, 0.15) is 5.75 Å². The largest absolute Gasteiger partial charge is 0.508 e. The fourth-order valence-electron chi connectivity index (χ4n) is 8.31. The highest BCUT2D eigenvalue weighted by atomic mass is 16.3. The van der Waals surface area contributed by atoms with Crippen LogP contribution in [0.1, 0.15) is 56.5 Å². The number of anilines is 6. The first-order valence-electron chi connectivity index (χ1n) is 22.5. The number of phenolic OH excluding ortho intramolecular Hbond substituents is 1. The van der Waals surface area contributed by atoms with Gasteiger partial charge in [-0.1, -0.05) is 144 Å². The number of benzene rings is 8. The summed E-state index contributed by atoms with van der Waals surface area (Å²) in [7, 11) is 0. The lowest BCUT2D eigenvalue weighted by Crippen LogP contribution is -2.09. The SMILES string of the molecule is Cc1ccc(N(c2ccc(C)cc2)c2ccc(/C=C(\C3=CCC(=O)C=C3)c3ccc(/C(=C\c4ccc(N(c5ccc(C)cc5)c5ccc(C)cc5)cc4)c4ccc(O)cc4)cc3)cc2)cc1. The highest BCUT2D eigenvalue weighted by molar-refractivity contribution is 6.00. The van der Waals surface area contributed by atoms with E-state index in [0.717, 1.165) is 78.7 Å². The topological polar surface area (TPSA) is 43.8 Å². The molecular weight excluding hydrogens is 805 g/mol. The number of hydrogen-bond acceptors (Lipinski definition) is 4. The van der Waals surface area contributed by atoms with Crippen molar-refractivity contribution in [3.8, 4) is 5.75 Å². The predicted molar refractivity (Wildman–Crippen MR) is 277 cm³/mol. The van der Waals surface area contributed by atoms with Gasteiger partial charge >= 0.3 is 0 Å². The summed E-state index contributed by atoms with van der Waals surface area (Å²) in [6.45, 7) is 8.44. The maximum atomic E-state index is 12.3. The minimum atomic E-state index is 0.0971. The Labute approximate surface area is 389 Å². The lowest BCUT2D eigenvalue weighted by Gasteiger charge is -2.26. The fraction of sp³-hybridized carbons (Fsp3) is 0.0806. The second-order valence-corrected chi connectivity index (χ2v) is 17.1. The van der Waals surface area contributed by atoms with Gasteiger partial charge in [0.15, 0.2) is 5.78 Å². The molecule has 4 nitrogen and oxygen atoms in total. The number of carbonyl (C=O) groups excluding carboxylic acids is 1. The van der Waals surface area contributed by atoms with E-state index in [-0.39, 0.29) is 11.5 Å². The lowest BCUT2D eigenvalue weighted by molar-refractivity contribution is -0.113. The van der Waals surface area contributed by atoms with E-state index in [0.29, 0.717) is 6.42 Å². The molecule has 322 valence electrons. The van der Waals surface area contributed by atoms with Gasteiger partial charge in [0.05, 0.1) is 0 Å². The van der Waals surface area contributed by atoms with Crippen molar-refractivity contribution in [2.24, 2.45) is 0 Å². The van der Waals surface area contributed by atoms with Crippen LogP contribution in [-0.2, 0) is 4.79 Å². The fourth-order valence-corrected chi connectivity index (χ4v) is 8.31. The zero-order valence-corrected chi connectivity index (χ0v) is 37.8. The Bertz CT molecular complexity index is 2990. The first kappa shape index (κ1) is 43.1. The number of aromatic hydroxyl groups is 1. The molecule has 0 aromatic heterocycles. The molecule has 1 aliphatic rings. The molecule has 9 rings (SSSR count). The van der Waals surface area contributed by atoms with Gasteiger partial charge in [0, 0.05) is 40.5 Å². The van der Waals surface area contributed by atoms with E-state index in [1.54, 1.807) is 18.2 Å². The van der Waals surface area contributed by atoms with E-state index in [1.807, 2.05) is 24.3 Å². The van der Waals surface area contributed by atoms with Crippen LogP contribution >= 0.6 is 0 Å². The Morgan fingerprint density at radius 3 is 1.03 bits per heavy atom. The summed E-state index contributed by atoms with van der Waals surface area (Å²) in [5, 5.41) is 10.3. The lowest BCUT2D eigenvalue weighted by atomic mass is 9.89. The number of phenols is 1. The third-order valence-corrected chi connectivity index (χ3v) is 12.1. The molecular formula is C62H52N2O2. The second kappa shape index (κ2) is 19.3. The number of ketones is 1. The Morgan fingerprint density at radius 1 is 0.394 bits per heavy atom. The van der Waals surface area contributed by atoms with Gasteiger partial charge in [0.25, 0.3) is 0 Å². The van der Waals surface area contributed by atoms with Crippen LogP contribution in [0.15, 0.2) is 218 Å². The second-order valence-electron chi connectivity index (χ2n) is 17.1. The number of rotatable bonds is 12. The summed E-state index contributed by atoms with van der Waals surface area (Å²) in [5.74, 6) is 0.318. The quantitative estimate of drug-likeness (QED) is 0.124. The molecule has 8 aromatic carbocycles. The minimum Gasteiger partial charge on any atom is -0.508 e. The molecule has 1 N–H and O–H groups in total. The van der Waals surface area contributed by atoms with E-state index in [2.05, 4.69) is 220 Å². The first-order chi connectivity index (χ1) is 32.1. The zero-order chi connectivity index (χ0) is 45.6. The van der Waals surface area contributed by atoms with E-state index in [9.17, 15) is 9.90 Å². The van der Waals surface area contributed by atoms with Crippen molar-refractivity contribution in [2.75, 3.05) is 9.80 Å². The summed E-state index contributed by atoms with van der Waals surface area (Å²) in [6, 6.07) is 67.9. The van der Waals surface area contributed by atoms with Crippen molar-refractivity contribution in [1.29, 1.82) is 0 Å². The van der Waals surface area contributed by atoms with Crippen molar-refractivity contribution in [1.82, 2.24) is 0 Å². The number of nitrogens with zero attached hydrogens (tertiary/aromatic N) is 2. The van der Waals surface area contributed by atoms with Gasteiger partial charge in [-0.25, -0.2) is 0 Å². The number of allylic oxidation sites excluding steroid dienone is 5. The molecule has 0 atom stereocenters. The van der Waals surface area contributed by atoms with Crippen LogP contribution in [0.5, 0.6) is 5.75 Å². The summed E-state index contributed by atoms with van der Waals surface area (Å²) >= 11 is 0. The molecule has 0 saturated heterocycles. The molecule has 66 heavy (non-hydrogen) atoms. The van der Waals surface area contributed by atoms with Crippen molar-refractivity contribution < 1.29 is 9.90 Å². The van der Waals surface area contributed by atoms with E-state index in [4.69, 9.17) is 0 Å². The Kier molecular flexibility index (Phi) is 12.6. The number of hydrogen-bond donors (Lipinski definition) is 1. The smallest absolute Gasteiger partial charge is 0.159 e. The summed E-state index contributed by atoms with van der Waals surface area (Å²) in [4.78, 5) is 16.9. The van der Waals surface area contributed by atoms with Crippen LogP contribution in [0.3, 0.4) is 0 Å². The van der Waals surface area contributed by atoms with E-state index < -0.39 is 0 Å². The van der Waals surface area contributed by atoms with Gasteiger partial charge in [-0.2, -0.15) is 0 Å². The van der Waals surface area contributed by atoms with Gasteiger partial charge in [-0.05, 0) is 175 Å². The van der Waals surface area contributed by atoms with Crippen molar-refractivity contribution in [3.05, 3.63) is 268 Å². The standard InChI is InChI=1S/C62H52N2O2/c1-43-5-25-53(26-6-43)63(54-27-7-44(2)8-28-54)57-33-13-47(14-34-57)41-61(51-21-37-59(65)38-22-51)49-17-19-50(20-18-49)62(52-23-39-60(66)40-24-52)42-48-15-35-58(36-16-48)64(55-29-9-45(3)10-30-55)56-31-11-46(4)12-32-56/h5-39,41-42,65H,40H2,1-4H3/b61-41+,62-42-. The third-order valence-electron chi connectivity index (χ3n) is 12.1. The molecule has 1 aliphatic carbocycles. The maximum absolute atomic E-state index is 12.3. The molecule has 0 unspecified atom stereocenters. The molecule has 0 spiro atoms. The van der Waals surface area contributed by atoms with Crippen molar-refractivity contribution >= 4 is 63.2 Å². The monoisotopic (exact) mass is 856 g/mol. The van der Waals surface area contributed by atoms with Crippen LogP contribution in [-0.4, -0.2) is 10.9 Å². The van der Waals surface area contributed by atoms with Crippen LogP contribution in [0.2, 0.25) is 0 Å². The summed E-state index contributed by atoms with van der Waals surface area (Å²) in [6.07, 6.45) is 10.4. The molecule has 0 fully saturated rings. The zero-order valence-electron chi connectivity index (χ0n) is 37.8. The van der Waals surface area contributed by atoms with Crippen LogP contribution in [0, 0.1) is 27.7 Å². The van der Waals surface area contributed by atoms with E-state index >= 15 is 0 Å². The molecule has 0 radical (unpaired) electrons. The predicted octanol–water partition coefficient (Wildman–Crippen LogP) is 16.2. The van der Waals surface area contributed by atoms with E-state index in [1.165, 1.54) is 22.3 Å². The molecule has 8 aromatic rings. The van der Waals surface area contributed by atoms with Crippen molar-refractivity contribution in [2.45, 2.75) is 34.1 Å². The Hall–Kier alpha value is -8.21. The molecule has 0 heterocycles. The number of carbonyl (C=O) groups is 1. The summed E-state index contributed by atoms with van der Waals surface area (Å²) in [5.41, 5.74) is 19.6. The van der Waals surface area contributed by atoms with Gasteiger partial charge in [0.2, 0.25) is 0 Å². The summed E-state index contributed by atoms with van der Waals surface area (Å²) < 4.78 is 0. The van der Waals surface area contributed by atoms with Crippen molar-refractivity contribution in [3.63, 3.8) is 0 Å². The highest BCUT2D eigenvalue weighted by Gasteiger charge is 2.17. The van der Waals surface area contributed by atoms with Crippen LogP contribution in [0.25, 0.3) is 23.3 Å². The first-order valence-corrected chi connectivity index (χ1v) is 22.5. The molecule has 4 heteroatoms. The number of aryl methyl sites for hydroxylation is 4. The highest BCUT2D eigenvalue weighted by Crippen LogP contribution is 2.38. The Balaban J connectivity index is 1.06. The third kappa shape index (κ3) is 9.94. The molecule has 0 bridgehead atoms. The van der Waals surface area contributed by atoms with Gasteiger partial charge in [-0.15, -0.1) is 0 Å². The average Bonchev–Trinajstić information content (AvgIpc) is 3.34. The van der Waals surface area contributed by atoms with Gasteiger partial charge in [-0.3, -0.25) is 4.79 Å². The molecule has 0 amide bonds. The molecule has 0 aliphatic heterocycles. The molecule has 0 saturated carbocycles. The maximum Gasteiger partial charge on any atom is 0.159 e. The average molecular weight is 857 g/mol. The normalized spacial score (nSPS) is 12.8. The Morgan fingerprint density at radius 2 is 0.697 bits per heavy atom. The van der Waals surface area contributed by atoms with Crippen LogP contribution in [0.4, 0.5) is 34.1 Å².